The van der Waals surface area contributed by atoms with Crippen molar-refractivity contribution >= 4 is 11.6 Å². The van der Waals surface area contributed by atoms with E-state index >= 15 is 0 Å². The minimum absolute atomic E-state index is 0.0302. The molecule has 100 valence electrons. The number of carbonyl (C=O) groups excluding carboxylic acids is 1. The van der Waals surface area contributed by atoms with Crippen molar-refractivity contribution in [2.45, 2.75) is 33.1 Å². The first-order valence-corrected chi connectivity index (χ1v) is 6.08. The maximum absolute atomic E-state index is 11.8. The second-order valence-corrected chi connectivity index (χ2v) is 5.41. The monoisotopic (exact) mass is 259 g/mol. The lowest BCUT2D eigenvalue weighted by Gasteiger charge is -2.19. The number of hydrogen-bond acceptors (Lipinski definition) is 4. The van der Waals surface area contributed by atoms with E-state index in [4.69, 9.17) is 4.42 Å². The van der Waals surface area contributed by atoms with Crippen molar-refractivity contribution in [3.05, 3.63) is 41.6 Å². The third-order valence-electron chi connectivity index (χ3n) is 2.73. The van der Waals surface area contributed by atoms with Crippen LogP contribution in [0.2, 0.25) is 0 Å². The van der Waals surface area contributed by atoms with Crippen molar-refractivity contribution in [2.24, 2.45) is 0 Å². The van der Waals surface area contributed by atoms with Gasteiger partial charge in [-0.3, -0.25) is 4.79 Å². The molecule has 5 heteroatoms. The van der Waals surface area contributed by atoms with Crippen LogP contribution < -0.4 is 5.32 Å². The van der Waals surface area contributed by atoms with Gasteiger partial charge in [-0.2, -0.15) is 0 Å². The number of nitrogens with zero attached hydrogens (tertiary/aromatic N) is 2. The molecule has 1 amide bonds. The van der Waals surface area contributed by atoms with E-state index in [0.29, 0.717) is 11.6 Å². The molecule has 0 radical (unpaired) electrons. The zero-order valence-corrected chi connectivity index (χ0v) is 11.5. The van der Waals surface area contributed by atoms with E-state index in [2.05, 4.69) is 36.3 Å². The molecule has 0 bridgehead atoms. The van der Waals surface area contributed by atoms with Gasteiger partial charge >= 0.3 is 11.8 Å². The van der Waals surface area contributed by atoms with Gasteiger partial charge in [0.1, 0.15) is 0 Å². The molecule has 19 heavy (non-hydrogen) atoms. The minimum atomic E-state index is -0.399. The van der Waals surface area contributed by atoms with Gasteiger partial charge in [0.25, 0.3) is 0 Å². The number of hydrogen-bond donors (Lipinski definition) is 1. The minimum Gasteiger partial charge on any atom is -0.417 e. The number of aryl methyl sites for hydroxylation is 1. The topological polar surface area (TPSA) is 68.0 Å². The molecule has 0 atom stereocenters. The summed E-state index contributed by atoms with van der Waals surface area (Å²) in [6.07, 6.45) is 0. The Labute approximate surface area is 112 Å². The van der Waals surface area contributed by atoms with Crippen LogP contribution in [0.1, 0.15) is 42.9 Å². The van der Waals surface area contributed by atoms with Gasteiger partial charge in [-0.05, 0) is 23.1 Å². The summed E-state index contributed by atoms with van der Waals surface area (Å²) in [4.78, 5) is 11.8. The van der Waals surface area contributed by atoms with Crippen molar-refractivity contribution in [1.29, 1.82) is 0 Å². The largest absolute Gasteiger partial charge is 0.417 e. The van der Waals surface area contributed by atoms with Crippen LogP contribution in [0.15, 0.2) is 28.7 Å². The highest BCUT2D eigenvalue weighted by Crippen LogP contribution is 2.23. The molecule has 0 saturated heterocycles. The summed E-state index contributed by atoms with van der Waals surface area (Å²) in [5.41, 5.74) is 2.00. The van der Waals surface area contributed by atoms with Crippen LogP contribution in [-0.2, 0) is 5.41 Å². The molecule has 0 aliphatic heterocycles. The van der Waals surface area contributed by atoms with Crippen molar-refractivity contribution in [3.8, 4) is 0 Å². The summed E-state index contributed by atoms with van der Waals surface area (Å²) < 4.78 is 5.06. The van der Waals surface area contributed by atoms with Gasteiger partial charge in [-0.15, -0.1) is 10.2 Å². The lowest BCUT2D eigenvalue weighted by Crippen LogP contribution is -2.14. The maximum Gasteiger partial charge on any atom is 0.313 e. The van der Waals surface area contributed by atoms with Gasteiger partial charge in [-0.1, -0.05) is 32.9 Å². The highest BCUT2D eigenvalue weighted by atomic mass is 16.4. The number of anilines is 1. The normalized spacial score (nSPS) is 11.4. The highest BCUT2D eigenvalue weighted by molar-refractivity contribution is 6.00. The number of nitrogens with one attached hydrogen (secondary N) is 1. The maximum atomic E-state index is 11.8. The van der Waals surface area contributed by atoms with Crippen LogP contribution in [0.4, 0.5) is 5.69 Å². The van der Waals surface area contributed by atoms with Gasteiger partial charge < -0.3 is 9.73 Å². The van der Waals surface area contributed by atoms with E-state index in [9.17, 15) is 4.79 Å². The second-order valence-electron chi connectivity index (χ2n) is 5.41. The molecule has 0 aliphatic rings. The van der Waals surface area contributed by atoms with Gasteiger partial charge in [-0.25, -0.2) is 0 Å². The van der Waals surface area contributed by atoms with E-state index in [-0.39, 0.29) is 11.3 Å². The molecule has 2 rings (SSSR count). The first-order chi connectivity index (χ1) is 8.86. The quantitative estimate of drug-likeness (QED) is 0.900. The second kappa shape index (κ2) is 4.84. The van der Waals surface area contributed by atoms with Gasteiger partial charge in [0, 0.05) is 12.6 Å². The van der Waals surface area contributed by atoms with E-state index < -0.39 is 5.91 Å². The van der Waals surface area contributed by atoms with Crippen molar-refractivity contribution in [2.75, 3.05) is 5.32 Å². The summed E-state index contributed by atoms with van der Waals surface area (Å²) in [6.45, 7) is 8.06. The Balaban J connectivity index is 2.10. The van der Waals surface area contributed by atoms with Crippen LogP contribution in [0, 0.1) is 6.92 Å². The number of amides is 1. The lowest BCUT2D eigenvalue weighted by atomic mass is 9.87. The predicted octanol–water partition coefficient (Wildman–Crippen LogP) is 2.93. The smallest absolute Gasteiger partial charge is 0.313 e. The zero-order valence-electron chi connectivity index (χ0n) is 11.5. The molecule has 5 nitrogen and oxygen atoms in total. The summed E-state index contributed by atoms with van der Waals surface area (Å²) in [5.74, 6) is -0.0604. The average molecular weight is 259 g/mol. The summed E-state index contributed by atoms with van der Waals surface area (Å²) in [5, 5.41) is 10.0. The average Bonchev–Trinajstić information content (AvgIpc) is 2.75. The van der Waals surface area contributed by atoms with Crippen LogP contribution in [-0.4, -0.2) is 16.1 Å². The lowest BCUT2D eigenvalue weighted by molar-refractivity contribution is 0.0989. The van der Waals surface area contributed by atoms with Crippen molar-refractivity contribution in [3.63, 3.8) is 0 Å². The Bertz CT molecular complexity index is 579. The van der Waals surface area contributed by atoms with Crippen LogP contribution in [0.5, 0.6) is 0 Å². The molecular formula is C14H17N3O2. The molecule has 0 fully saturated rings. The molecule has 1 aromatic carbocycles. The molecule has 2 aromatic rings. The fourth-order valence-corrected chi connectivity index (χ4v) is 1.63. The highest BCUT2D eigenvalue weighted by Gasteiger charge is 2.15. The number of carbonyl (C=O) groups is 1. The zero-order chi connectivity index (χ0) is 14.0. The van der Waals surface area contributed by atoms with Gasteiger partial charge in [0.15, 0.2) is 0 Å². The molecule has 0 spiro atoms. The molecular weight excluding hydrogens is 242 g/mol. The Morgan fingerprint density at radius 3 is 2.26 bits per heavy atom. The first kappa shape index (κ1) is 13.3. The fraction of sp³-hybridized carbons (Fsp3) is 0.357. The Morgan fingerprint density at radius 1 is 1.16 bits per heavy atom. The molecule has 0 saturated carbocycles. The first-order valence-electron chi connectivity index (χ1n) is 6.08. The Morgan fingerprint density at radius 2 is 1.79 bits per heavy atom. The third kappa shape index (κ3) is 3.19. The third-order valence-corrected chi connectivity index (χ3v) is 2.73. The predicted molar refractivity (Wildman–Crippen MR) is 72.1 cm³/mol. The fourth-order valence-electron chi connectivity index (χ4n) is 1.63. The Kier molecular flexibility index (Phi) is 3.38. The SMILES string of the molecule is Cc1nnc(C(=O)Nc2ccc(C(C)(C)C)cc2)o1. The van der Waals surface area contributed by atoms with E-state index in [1.54, 1.807) is 6.92 Å². The summed E-state index contributed by atoms with van der Waals surface area (Å²) in [7, 11) is 0. The summed E-state index contributed by atoms with van der Waals surface area (Å²) in [6, 6.07) is 7.72. The van der Waals surface area contributed by atoms with Crippen LogP contribution in [0.25, 0.3) is 0 Å². The molecule has 0 aliphatic carbocycles. The molecule has 1 heterocycles. The van der Waals surface area contributed by atoms with Crippen LogP contribution >= 0.6 is 0 Å². The molecule has 1 aromatic heterocycles. The van der Waals surface area contributed by atoms with Gasteiger partial charge in [0.2, 0.25) is 5.89 Å². The number of benzene rings is 1. The van der Waals surface area contributed by atoms with E-state index in [1.807, 2.05) is 24.3 Å². The van der Waals surface area contributed by atoms with Gasteiger partial charge in [0.05, 0.1) is 0 Å². The Hall–Kier alpha value is -2.17. The van der Waals surface area contributed by atoms with E-state index in [0.717, 1.165) is 0 Å². The molecule has 1 N–H and O–H groups in total. The number of aromatic nitrogens is 2. The van der Waals surface area contributed by atoms with Crippen molar-refractivity contribution in [1.82, 2.24) is 10.2 Å². The standard InChI is InChI=1S/C14H17N3O2/c1-9-16-17-13(19-9)12(18)15-11-7-5-10(6-8-11)14(2,3)4/h5-8H,1-4H3,(H,15,18). The summed E-state index contributed by atoms with van der Waals surface area (Å²) >= 11 is 0. The van der Waals surface area contributed by atoms with Crippen molar-refractivity contribution < 1.29 is 9.21 Å². The molecule has 0 unspecified atom stereocenters. The number of rotatable bonds is 2. The van der Waals surface area contributed by atoms with Crippen LogP contribution in [0.3, 0.4) is 0 Å². The van der Waals surface area contributed by atoms with E-state index in [1.165, 1.54) is 5.56 Å².